The van der Waals surface area contributed by atoms with Crippen LogP contribution in [0.25, 0.3) is 6.08 Å². The first-order valence-corrected chi connectivity index (χ1v) is 4.66. The van der Waals surface area contributed by atoms with Gasteiger partial charge < -0.3 is 4.74 Å². The van der Waals surface area contributed by atoms with E-state index in [9.17, 15) is 0 Å². The molecule has 1 nitrogen and oxygen atoms in total. The molecule has 0 spiro atoms. The Bertz CT molecular complexity index is 259. The summed E-state index contributed by atoms with van der Waals surface area (Å²) in [5.74, 6) is 0. The standard InChI is InChI=1S/C12H16O/c1-3-5-11-6-8-12(9-7-11)10-13-4-2/h3,5-9H,4,10H2,1-2H3/b5-3+. The Kier molecular flexibility index (Phi) is 4.27. The van der Waals surface area contributed by atoms with E-state index in [1.54, 1.807) is 0 Å². The summed E-state index contributed by atoms with van der Waals surface area (Å²) in [5.41, 5.74) is 2.47. The molecule has 0 N–H and O–H groups in total. The first-order valence-electron chi connectivity index (χ1n) is 4.66. The fourth-order valence-electron chi connectivity index (χ4n) is 1.14. The minimum atomic E-state index is 0.715. The van der Waals surface area contributed by atoms with E-state index in [1.165, 1.54) is 11.1 Å². The first kappa shape index (κ1) is 10.0. The van der Waals surface area contributed by atoms with Crippen molar-refractivity contribution >= 4 is 6.08 Å². The van der Waals surface area contributed by atoms with Gasteiger partial charge >= 0.3 is 0 Å². The van der Waals surface area contributed by atoms with Crippen LogP contribution < -0.4 is 0 Å². The zero-order valence-corrected chi connectivity index (χ0v) is 8.29. The lowest BCUT2D eigenvalue weighted by molar-refractivity contribution is 0.134. The van der Waals surface area contributed by atoms with Crippen molar-refractivity contribution in [2.24, 2.45) is 0 Å². The normalized spacial score (nSPS) is 10.9. The summed E-state index contributed by atoms with van der Waals surface area (Å²) in [6.07, 6.45) is 4.13. The van der Waals surface area contributed by atoms with Crippen LogP contribution >= 0.6 is 0 Å². The second-order valence-corrected chi connectivity index (χ2v) is 2.88. The lowest BCUT2D eigenvalue weighted by Gasteiger charge is -2.01. The van der Waals surface area contributed by atoms with Crippen LogP contribution in [0.1, 0.15) is 25.0 Å². The van der Waals surface area contributed by atoms with Crippen LogP contribution in [0.5, 0.6) is 0 Å². The van der Waals surface area contributed by atoms with Crippen LogP contribution in [-0.2, 0) is 11.3 Å². The average molecular weight is 176 g/mol. The average Bonchev–Trinajstić information content (AvgIpc) is 2.17. The number of hydrogen-bond acceptors (Lipinski definition) is 1. The highest BCUT2D eigenvalue weighted by molar-refractivity contribution is 5.49. The Morgan fingerprint density at radius 1 is 1.23 bits per heavy atom. The molecular formula is C12H16O. The summed E-state index contributed by atoms with van der Waals surface area (Å²) >= 11 is 0. The van der Waals surface area contributed by atoms with E-state index in [0.717, 1.165) is 6.61 Å². The van der Waals surface area contributed by atoms with E-state index in [4.69, 9.17) is 4.74 Å². The summed E-state index contributed by atoms with van der Waals surface area (Å²) in [7, 11) is 0. The van der Waals surface area contributed by atoms with E-state index >= 15 is 0 Å². The molecule has 0 aromatic heterocycles. The summed E-state index contributed by atoms with van der Waals surface area (Å²) < 4.78 is 5.30. The third-order valence-electron chi connectivity index (χ3n) is 1.81. The van der Waals surface area contributed by atoms with Gasteiger partial charge in [0.25, 0.3) is 0 Å². The highest BCUT2D eigenvalue weighted by Crippen LogP contribution is 2.07. The molecule has 0 aliphatic heterocycles. The van der Waals surface area contributed by atoms with E-state index in [2.05, 4.69) is 30.3 Å². The number of rotatable bonds is 4. The molecule has 1 aromatic carbocycles. The molecule has 0 aliphatic rings. The van der Waals surface area contributed by atoms with E-state index in [0.29, 0.717) is 6.61 Å². The minimum absolute atomic E-state index is 0.715. The number of benzene rings is 1. The monoisotopic (exact) mass is 176 g/mol. The van der Waals surface area contributed by atoms with Crippen LogP contribution in [0.15, 0.2) is 30.3 Å². The van der Waals surface area contributed by atoms with Gasteiger partial charge in [-0.15, -0.1) is 0 Å². The van der Waals surface area contributed by atoms with Crippen LogP contribution in [0.4, 0.5) is 0 Å². The molecule has 70 valence electrons. The minimum Gasteiger partial charge on any atom is -0.377 e. The van der Waals surface area contributed by atoms with Gasteiger partial charge in [0, 0.05) is 6.61 Å². The summed E-state index contributed by atoms with van der Waals surface area (Å²) in [5, 5.41) is 0. The van der Waals surface area contributed by atoms with Gasteiger partial charge in [0.05, 0.1) is 6.61 Å². The molecular weight excluding hydrogens is 160 g/mol. The van der Waals surface area contributed by atoms with E-state index in [1.807, 2.05) is 19.9 Å². The molecule has 0 bridgehead atoms. The van der Waals surface area contributed by atoms with Gasteiger partial charge in [-0.1, -0.05) is 36.4 Å². The van der Waals surface area contributed by atoms with Crippen molar-refractivity contribution in [3.63, 3.8) is 0 Å². The molecule has 1 rings (SSSR count). The van der Waals surface area contributed by atoms with Gasteiger partial charge in [-0.05, 0) is 25.0 Å². The highest BCUT2D eigenvalue weighted by atomic mass is 16.5. The number of hydrogen-bond donors (Lipinski definition) is 0. The molecule has 1 heteroatoms. The van der Waals surface area contributed by atoms with E-state index < -0.39 is 0 Å². The Balaban J connectivity index is 2.58. The maximum Gasteiger partial charge on any atom is 0.0716 e. The molecule has 0 amide bonds. The largest absolute Gasteiger partial charge is 0.377 e. The summed E-state index contributed by atoms with van der Waals surface area (Å²) in [6.45, 7) is 5.52. The third kappa shape index (κ3) is 3.43. The first-order chi connectivity index (χ1) is 6.36. The second-order valence-electron chi connectivity index (χ2n) is 2.88. The molecule has 0 heterocycles. The summed E-state index contributed by atoms with van der Waals surface area (Å²) in [6, 6.07) is 8.42. The molecule has 0 atom stereocenters. The van der Waals surface area contributed by atoms with Crippen molar-refractivity contribution in [1.29, 1.82) is 0 Å². The van der Waals surface area contributed by atoms with Crippen LogP contribution in [0.3, 0.4) is 0 Å². The summed E-state index contributed by atoms with van der Waals surface area (Å²) in [4.78, 5) is 0. The smallest absolute Gasteiger partial charge is 0.0716 e. The van der Waals surface area contributed by atoms with Gasteiger partial charge in [-0.25, -0.2) is 0 Å². The molecule has 0 fully saturated rings. The number of allylic oxidation sites excluding steroid dienone is 1. The molecule has 0 aliphatic carbocycles. The molecule has 1 aromatic rings. The van der Waals surface area contributed by atoms with Gasteiger partial charge in [-0.3, -0.25) is 0 Å². The lowest BCUT2D eigenvalue weighted by Crippen LogP contribution is -1.90. The predicted octanol–water partition coefficient (Wildman–Crippen LogP) is 3.26. The predicted molar refractivity (Wildman–Crippen MR) is 56.5 cm³/mol. The molecule has 13 heavy (non-hydrogen) atoms. The fraction of sp³-hybridized carbons (Fsp3) is 0.333. The van der Waals surface area contributed by atoms with Crippen molar-refractivity contribution in [3.05, 3.63) is 41.5 Å². The Morgan fingerprint density at radius 2 is 1.92 bits per heavy atom. The fourth-order valence-corrected chi connectivity index (χ4v) is 1.14. The Morgan fingerprint density at radius 3 is 2.46 bits per heavy atom. The second kappa shape index (κ2) is 5.55. The molecule has 0 unspecified atom stereocenters. The number of ether oxygens (including phenoxy) is 1. The van der Waals surface area contributed by atoms with Gasteiger partial charge in [0.15, 0.2) is 0 Å². The van der Waals surface area contributed by atoms with Crippen molar-refractivity contribution in [3.8, 4) is 0 Å². The van der Waals surface area contributed by atoms with Gasteiger partial charge in [-0.2, -0.15) is 0 Å². The van der Waals surface area contributed by atoms with Crippen molar-refractivity contribution in [2.45, 2.75) is 20.5 Å². The zero-order chi connectivity index (χ0) is 9.52. The third-order valence-corrected chi connectivity index (χ3v) is 1.81. The topological polar surface area (TPSA) is 9.23 Å². The Labute approximate surface area is 80.0 Å². The maximum atomic E-state index is 5.30. The maximum absolute atomic E-state index is 5.30. The van der Waals surface area contributed by atoms with Crippen LogP contribution in [0, 0.1) is 0 Å². The molecule has 0 saturated carbocycles. The highest BCUT2D eigenvalue weighted by Gasteiger charge is 1.91. The van der Waals surface area contributed by atoms with E-state index in [-0.39, 0.29) is 0 Å². The van der Waals surface area contributed by atoms with Gasteiger partial charge in [0.2, 0.25) is 0 Å². The van der Waals surface area contributed by atoms with Gasteiger partial charge in [0.1, 0.15) is 0 Å². The SMILES string of the molecule is C/C=C/c1ccc(COCC)cc1. The van der Waals surface area contributed by atoms with Crippen LogP contribution in [0.2, 0.25) is 0 Å². The zero-order valence-electron chi connectivity index (χ0n) is 8.29. The van der Waals surface area contributed by atoms with Crippen molar-refractivity contribution < 1.29 is 4.74 Å². The molecule has 0 radical (unpaired) electrons. The Hall–Kier alpha value is -1.08. The van der Waals surface area contributed by atoms with Crippen LogP contribution in [-0.4, -0.2) is 6.61 Å². The quantitative estimate of drug-likeness (QED) is 0.684. The van der Waals surface area contributed by atoms with Crippen molar-refractivity contribution in [1.82, 2.24) is 0 Å². The lowest BCUT2D eigenvalue weighted by atomic mass is 10.1. The van der Waals surface area contributed by atoms with Crippen molar-refractivity contribution in [2.75, 3.05) is 6.61 Å². The molecule has 0 saturated heterocycles.